The van der Waals surface area contributed by atoms with Crippen molar-refractivity contribution < 1.29 is 103 Å². The second-order valence-corrected chi connectivity index (χ2v) is 13.4. The number of cyclic esters (lactones) is 12. The van der Waals surface area contributed by atoms with Gasteiger partial charge in [0.2, 0.25) is 0 Å². The maximum absolute atomic E-state index is 12.2. The van der Waals surface area contributed by atoms with Crippen LogP contribution in [0.5, 0.6) is 0 Å². The van der Waals surface area contributed by atoms with E-state index in [1.165, 1.54) is 0 Å². The summed E-state index contributed by atoms with van der Waals surface area (Å²) in [6.45, 7) is 36.4. The molecule has 0 aliphatic carbocycles. The fourth-order valence-electron chi connectivity index (χ4n) is 4.09. The van der Waals surface area contributed by atoms with Gasteiger partial charge >= 0.3 is 42.8 Å². The molecule has 0 N–H and O–H groups in total. The Bertz CT molecular complexity index is 1930. The molecule has 5 unspecified atom stereocenters. The highest BCUT2D eigenvalue weighted by molar-refractivity contribution is 5.64. The topological polar surface area (TPSA) is 257 Å². The van der Waals surface area contributed by atoms with E-state index in [1.54, 1.807) is 6.92 Å². The normalized spacial score (nSPS) is 24.2. The van der Waals surface area contributed by atoms with Crippen LogP contribution in [-0.4, -0.2) is 80.5 Å². The van der Waals surface area contributed by atoms with Gasteiger partial charge in [-0.3, -0.25) is 0 Å². The van der Waals surface area contributed by atoms with E-state index in [2.05, 4.69) is 109 Å². The van der Waals surface area contributed by atoms with Crippen LogP contribution in [0.1, 0.15) is 60.3 Å². The molecule has 1 aromatic rings. The number of hydrogen-bond donors (Lipinski definition) is 0. The number of rotatable bonds is 0. The summed E-state index contributed by atoms with van der Waals surface area (Å²) in [7, 11) is 0. The highest BCUT2D eigenvalue weighted by atomic mass is 19.1. The lowest BCUT2D eigenvalue weighted by molar-refractivity contribution is -0.0534. The van der Waals surface area contributed by atoms with Crippen LogP contribution in [0, 0.1) is 5.92 Å². The van der Waals surface area contributed by atoms with Gasteiger partial charge < -0.3 is 65.7 Å². The Kier molecular flexibility index (Phi) is 21.7. The summed E-state index contributed by atoms with van der Waals surface area (Å²) in [4.78, 5) is 72.0. The van der Waals surface area contributed by atoms with Gasteiger partial charge in [0.05, 0.1) is 12.3 Å². The van der Waals surface area contributed by atoms with E-state index in [-0.39, 0.29) is 53.5 Å². The Hall–Kier alpha value is -7.33. The molecule has 348 valence electrons. The van der Waals surface area contributed by atoms with Crippen molar-refractivity contribution in [3.8, 4) is 0 Å². The van der Waals surface area contributed by atoms with Gasteiger partial charge in [-0.1, -0.05) is 59.6 Å². The average Bonchev–Trinajstić information content (AvgIpc) is 3.41. The Morgan fingerprint density at radius 3 is 1.43 bits per heavy atom. The van der Waals surface area contributed by atoms with Gasteiger partial charge in [-0.05, 0) is 27.7 Å². The molecule has 0 aromatic carbocycles. The van der Waals surface area contributed by atoms with Gasteiger partial charge in [0, 0.05) is 19.3 Å². The number of alkyl halides is 2. The zero-order valence-corrected chi connectivity index (χ0v) is 35.1. The average molecular weight is 903 g/mol. The lowest BCUT2D eigenvalue weighted by atomic mass is 10.0. The van der Waals surface area contributed by atoms with Crippen LogP contribution in [0.3, 0.4) is 0 Å². The van der Waals surface area contributed by atoms with Crippen molar-refractivity contribution >= 4 is 50.1 Å². The molecule has 7 rings (SSSR count). The van der Waals surface area contributed by atoms with Gasteiger partial charge in [0.1, 0.15) is 65.6 Å². The molecule has 21 nitrogen and oxygen atoms in total. The molecule has 0 amide bonds. The highest BCUT2D eigenvalue weighted by Crippen LogP contribution is 2.26. The summed E-state index contributed by atoms with van der Waals surface area (Å²) in [5.41, 5.74) is -0.0723. The molecule has 63 heavy (non-hydrogen) atoms. The molecule has 6 fully saturated rings. The van der Waals surface area contributed by atoms with Crippen molar-refractivity contribution in [2.75, 3.05) is 13.2 Å². The Labute approximate surface area is 358 Å². The SMILES string of the molecule is C=C1CC(C)(C)OC(=O)O1.C=C1CC(C)OC(=O)O1.C=C1CC(F)OC(=O)O1.C=C1CCOC(=O)O1.C=C1OC(=O)OC(C)C1C.C=C1OC(=O)OCC1F.C=c1oc(=O)oc1=C. The van der Waals surface area contributed by atoms with Crippen molar-refractivity contribution in [2.24, 2.45) is 5.92 Å². The molecule has 0 spiro atoms. The summed E-state index contributed by atoms with van der Waals surface area (Å²) < 4.78 is 86.3. The van der Waals surface area contributed by atoms with Crippen molar-refractivity contribution in [3.05, 3.63) is 95.5 Å². The number of ether oxygens (including phenoxy) is 12. The molecular weight excluding hydrogens is 854 g/mol. The molecule has 0 radical (unpaired) electrons. The van der Waals surface area contributed by atoms with Crippen LogP contribution >= 0.6 is 0 Å². The Morgan fingerprint density at radius 1 is 0.556 bits per heavy atom. The molecular formula is C40H48F2O21. The molecule has 23 heteroatoms. The summed E-state index contributed by atoms with van der Waals surface area (Å²) >= 11 is 0. The largest absolute Gasteiger partial charge is 0.519 e. The maximum Gasteiger partial charge on any atom is 0.519 e. The second kappa shape index (κ2) is 25.4. The third kappa shape index (κ3) is 22.7. The minimum absolute atomic E-state index is 0.0638. The lowest BCUT2D eigenvalue weighted by Gasteiger charge is -2.29. The number of hydrogen-bond acceptors (Lipinski definition) is 21. The van der Waals surface area contributed by atoms with Crippen molar-refractivity contribution in [1.82, 2.24) is 0 Å². The predicted molar refractivity (Wildman–Crippen MR) is 208 cm³/mol. The Morgan fingerprint density at radius 2 is 1.05 bits per heavy atom. The summed E-state index contributed by atoms with van der Waals surface area (Å²) in [5, 5.41) is 0. The quantitative estimate of drug-likeness (QED) is 0.181. The lowest BCUT2D eigenvalue weighted by Crippen LogP contribution is -2.33. The third-order valence-corrected chi connectivity index (χ3v) is 7.26. The van der Waals surface area contributed by atoms with Gasteiger partial charge in [-0.2, -0.15) is 0 Å². The molecule has 6 aliphatic rings. The smallest absolute Gasteiger partial charge is 0.434 e. The van der Waals surface area contributed by atoms with Crippen LogP contribution in [-0.2, 0) is 56.8 Å². The van der Waals surface area contributed by atoms with Crippen LogP contribution in [0.25, 0.3) is 13.2 Å². The molecule has 6 saturated heterocycles. The zero-order valence-electron chi connectivity index (χ0n) is 35.1. The minimum Gasteiger partial charge on any atom is -0.434 e. The first-order valence-electron chi connectivity index (χ1n) is 18.1. The van der Waals surface area contributed by atoms with Crippen molar-refractivity contribution in [2.45, 2.75) is 90.6 Å². The third-order valence-electron chi connectivity index (χ3n) is 7.26. The Balaban J connectivity index is 0.000000368. The fourth-order valence-corrected chi connectivity index (χ4v) is 4.09. The number of carbonyl (C=O) groups excluding carboxylic acids is 6. The molecule has 0 bridgehead atoms. The summed E-state index contributed by atoms with van der Waals surface area (Å²) in [6, 6.07) is 0. The molecule has 7 heterocycles. The molecule has 6 aliphatic heterocycles. The van der Waals surface area contributed by atoms with Crippen LogP contribution < -0.4 is 16.7 Å². The van der Waals surface area contributed by atoms with Crippen molar-refractivity contribution in [1.29, 1.82) is 0 Å². The molecule has 5 atom stereocenters. The number of halogens is 2. The van der Waals surface area contributed by atoms with E-state index in [0.717, 1.165) is 0 Å². The standard InChI is InChI=1S/2C7H10O3.C6H8O3.2C5H5FO3.C5H6O3.C5H4O3/c1-5-4-7(2,3)10-6(8)9-5;1-4-5(2)9-7(8)10-6(4)3;1-4-3-5(2)9-6(7)8-4;1-3-4(6)2-8-5(7)9-3;1-3-2-4(6)9-5(7)8-3;1-4-2-3-7-5(6)8-4;1-3-4(2)8-5(6)7-3/h1,4H2,2-3H3;4,6H,2H2,1,3H3;5H,1,3H2,2H3;2*4H,1-2H2;1-3H2;1-2H2. The first kappa shape index (κ1) is 53.7. The highest BCUT2D eigenvalue weighted by Gasteiger charge is 2.31. The van der Waals surface area contributed by atoms with Crippen LogP contribution in [0.2, 0.25) is 0 Å². The first-order chi connectivity index (χ1) is 29.2. The predicted octanol–water partition coefficient (Wildman–Crippen LogP) is 7.44. The van der Waals surface area contributed by atoms with E-state index >= 15 is 0 Å². The van der Waals surface area contributed by atoms with E-state index in [4.69, 9.17) is 9.47 Å². The second-order valence-electron chi connectivity index (χ2n) is 13.4. The number of carbonyl (C=O) groups is 6. The van der Waals surface area contributed by atoms with E-state index < -0.39 is 60.9 Å². The zero-order chi connectivity index (χ0) is 48.2. The summed E-state index contributed by atoms with van der Waals surface area (Å²) in [5.74, 6) is 1.22. The van der Waals surface area contributed by atoms with Gasteiger partial charge in [0.15, 0.2) is 17.0 Å². The van der Waals surface area contributed by atoms with Crippen LogP contribution in [0.4, 0.5) is 37.5 Å². The van der Waals surface area contributed by atoms with Gasteiger partial charge in [-0.15, -0.1) is 0 Å². The minimum atomic E-state index is -1.58. The van der Waals surface area contributed by atoms with Gasteiger partial charge in [0.25, 0.3) is 6.36 Å². The van der Waals surface area contributed by atoms with E-state index in [9.17, 15) is 42.3 Å². The summed E-state index contributed by atoms with van der Waals surface area (Å²) in [6.07, 6.45) is -5.90. The fraction of sp³-hybridized carbons (Fsp3) is 0.425. The molecule has 0 saturated carbocycles. The maximum atomic E-state index is 12.2. The van der Waals surface area contributed by atoms with E-state index in [1.807, 2.05) is 27.7 Å². The first-order valence-corrected chi connectivity index (χ1v) is 18.1. The van der Waals surface area contributed by atoms with Crippen LogP contribution in [0.15, 0.2) is 87.7 Å². The van der Waals surface area contributed by atoms with Gasteiger partial charge in [-0.25, -0.2) is 42.3 Å². The van der Waals surface area contributed by atoms with E-state index in [0.29, 0.717) is 48.9 Å². The molecule has 1 aromatic heterocycles. The monoisotopic (exact) mass is 902 g/mol. The van der Waals surface area contributed by atoms with Crippen molar-refractivity contribution in [3.63, 3.8) is 0 Å².